The lowest BCUT2D eigenvalue weighted by Crippen LogP contribution is -2.38. The summed E-state index contributed by atoms with van der Waals surface area (Å²) in [4.78, 5) is 27.4. The minimum atomic E-state index is -3.47. The molecule has 0 saturated carbocycles. The van der Waals surface area contributed by atoms with E-state index in [1.54, 1.807) is 12.1 Å². The van der Waals surface area contributed by atoms with Crippen LogP contribution in [0.2, 0.25) is 0 Å². The van der Waals surface area contributed by atoms with Gasteiger partial charge in [0.05, 0.1) is 34.7 Å². The van der Waals surface area contributed by atoms with Crippen molar-refractivity contribution >= 4 is 38.5 Å². The van der Waals surface area contributed by atoms with Crippen molar-refractivity contribution in [2.24, 2.45) is 36.6 Å². The number of sulfonamides is 1. The topological polar surface area (TPSA) is 144 Å². The second-order valence-corrected chi connectivity index (χ2v) is 35.4. The van der Waals surface area contributed by atoms with Gasteiger partial charge in [-0.25, -0.2) is 31.5 Å². The number of hydrogen-bond acceptors (Lipinski definition) is 8. The zero-order chi connectivity index (χ0) is 85.6. The molecule has 15 heteroatoms. The van der Waals surface area contributed by atoms with E-state index >= 15 is 0 Å². The van der Waals surface area contributed by atoms with Gasteiger partial charge in [-0.1, -0.05) is 253 Å². The molecule has 618 valence electrons. The highest BCUT2D eigenvalue weighted by molar-refractivity contribution is 7.92. The molecule has 117 heavy (non-hydrogen) atoms. The zero-order valence-corrected chi connectivity index (χ0v) is 74.2. The number of nitrogens with one attached hydrogen (secondary N) is 1. The van der Waals surface area contributed by atoms with Crippen LogP contribution >= 0.6 is 0 Å². The van der Waals surface area contributed by atoms with E-state index in [9.17, 15) is 27.1 Å². The van der Waals surface area contributed by atoms with Crippen LogP contribution in [0.4, 0.5) is 20.4 Å². The molecule has 1 amide bonds. The second-order valence-electron chi connectivity index (χ2n) is 33.4. The quantitative estimate of drug-likeness (QED) is 0.0718. The van der Waals surface area contributed by atoms with Crippen LogP contribution in [0.1, 0.15) is 213 Å². The van der Waals surface area contributed by atoms with E-state index < -0.39 is 10.0 Å². The Labute approximate surface area is 697 Å². The summed E-state index contributed by atoms with van der Waals surface area (Å²) in [6, 6.07) is 58.9. The third kappa shape index (κ3) is 21.7. The van der Waals surface area contributed by atoms with Crippen LogP contribution in [0.5, 0.6) is 0 Å². The highest BCUT2D eigenvalue weighted by atomic mass is 32.2. The standard InChI is InChI=1S/C28H28N2O.C20H26FNO.C19H21N.C19H30O.C16H20FN3O2S/c1-19(2)26-25(28(31)29-23-13-9-6-10-14-23)24(21-11-7-5-8-12-21)27(30(26)4)22-17-15-20(3)16-18-22;1-12(2)19-14(5)18(15-6-8-16(21)9-7-15)17(10-11-23)20(22-19)13(3)4;1-13(2)20-15(4)19(16-11-9-14(3)10-12-16)17-7-5-6-8-18(17)20;1-7-13(3)16(6)20-18-11-12(2)10-17-9-8-14(4)15(5)19(17)18;1-10(2)14-11(3)15(12-6-8-13(17)9-7-12)19-16(18-14)20(4)23(5,21)22/h5-19H,1-4H3,(H,29,31);6-9,12-13,23H,10-11H2,1-5H3;5-13H,1-4H3;8-10,12-15,18-19H,6-7,11H2,1-5H3;6-10H,1-5H3/t;;;12-,13+,14-,15+,18+,19?;/m...1./s1. The summed E-state index contributed by atoms with van der Waals surface area (Å²) in [5.41, 5.74) is 25.5. The third-order valence-electron chi connectivity index (χ3n) is 22.8. The summed E-state index contributed by atoms with van der Waals surface area (Å²) in [5.74, 6) is 4.16. The first-order valence-electron chi connectivity index (χ1n) is 41.6. The first-order chi connectivity index (χ1) is 55.5. The molecule has 0 spiro atoms. The highest BCUT2D eigenvalue weighted by Gasteiger charge is 2.39. The van der Waals surface area contributed by atoms with Crippen LogP contribution in [-0.4, -0.2) is 69.5 Å². The predicted octanol–water partition coefficient (Wildman–Crippen LogP) is 26.0. The minimum absolute atomic E-state index is 0.0794. The summed E-state index contributed by atoms with van der Waals surface area (Å²) >= 11 is 0. The van der Waals surface area contributed by atoms with Crippen molar-refractivity contribution in [1.29, 1.82) is 0 Å². The van der Waals surface area contributed by atoms with Gasteiger partial charge >= 0.3 is 0 Å². The number of carbonyl (C=O) groups is 1. The van der Waals surface area contributed by atoms with Crippen LogP contribution in [0.15, 0.2) is 218 Å². The fourth-order valence-electron chi connectivity index (χ4n) is 16.3. The number of halogens is 2. The highest BCUT2D eigenvalue weighted by Crippen LogP contribution is 2.46. The molecule has 6 atom stereocenters. The maximum Gasteiger partial charge on any atom is 0.258 e. The number of amides is 1. The fraction of sp³-hybridized carbons (Fsp3) is 0.373. The van der Waals surface area contributed by atoms with Crippen molar-refractivity contribution in [2.45, 2.75) is 194 Å². The molecule has 0 aliphatic heterocycles. The van der Waals surface area contributed by atoms with E-state index in [0.29, 0.717) is 59.8 Å². The van der Waals surface area contributed by atoms with Crippen LogP contribution in [0.25, 0.3) is 66.8 Å². The number of aliphatic hydroxyl groups excluding tert-OH is 1. The Kier molecular flexibility index (Phi) is 31.1. The number of hydrogen-bond donors (Lipinski definition) is 2. The van der Waals surface area contributed by atoms with Crippen molar-refractivity contribution in [3.63, 3.8) is 0 Å². The molecule has 7 aromatic carbocycles. The van der Waals surface area contributed by atoms with Crippen molar-refractivity contribution in [3.05, 3.63) is 292 Å². The molecule has 0 radical (unpaired) electrons. The summed E-state index contributed by atoms with van der Waals surface area (Å²) in [5, 5.41) is 14.0. The Balaban J connectivity index is 0.000000169. The van der Waals surface area contributed by atoms with Gasteiger partial charge in [-0.15, -0.1) is 0 Å². The minimum Gasteiger partial charge on any atom is -0.494 e. The molecule has 2 aliphatic rings. The molecule has 12 nitrogen and oxygen atoms in total. The SMILES string of the molecule is C=C(O[C@H]1C[C@H](C)C=C2C=C[C@@H](C)[C@H](C)C21)[C@@H](C)CC.Cc1c(-c2ccc(F)cc2)nc(N(C)S(C)(=O)=O)nc1C(C)C.Cc1c(C(C)C)nc(C(C)C)c(CCO)c1-c1ccc(F)cc1.Cc1ccc(-c2c(-c3ccccc3)c(C(=O)Nc3ccccc3)c(C(C)C)n2C)cc1.Cc1ccc(-c2c(C)n(C(C)C)c3ccccc23)cc1. The average Bonchev–Trinajstić information content (AvgIpc) is 1.61. The molecule has 1 unspecified atom stereocenters. The van der Waals surface area contributed by atoms with E-state index in [1.165, 1.54) is 75.7 Å². The number of aromatic nitrogens is 5. The number of nitrogens with zero attached hydrogens (tertiary/aromatic N) is 6. The molecule has 4 heterocycles. The summed E-state index contributed by atoms with van der Waals surface area (Å²) in [6.07, 6.45) is 11.3. The zero-order valence-electron chi connectivity index (χ0n) is 73.4. The number of ether oxygens (including phenoxy) is 1. The number of aryl methyl sites for hydroxylation is 2. The second kappa shape index (κ2) is 40.2. The molecular weight excluding hydrogens is 1470 g/mol. The van der Waals surface area contributed by atoms with Gasteiger partial charge in [0, 0.05) is 94.6 Å². The normalized spacial score (nSPS) is 15.9. The molecule has 2 aliphatic carbocycles. The van der Waals surface area contributed by atoms with Gasteiger partial charge in [-0.3, -0.25) is 9.78 Å². The lowest BCUT2D eigenvalue weighted by molar-refractivity contribution is 0.0171. The Bertz CT molecular complexity index is 5370. The van der Waals surface area contributed by atoms with Crippen molar-refractivity contribution in [2.75, 3.05) is 29.5 Å². The summed E-state index contributed by atoms with van der Waals surface area (Å²) < 4.78 is 62.0. The van der Waals surface area contributed by atoms with Gasteiger partial charge < -0.3 is 24.3 Å². The van der Waals surface area contributed by atoms with Gasteiger partial charge in [-0.2, -0.15) is 0 Å². The maximum atomic E-state index is 13.7. The molecule has 0 saturated heterocycles. The Morgan fingerprint density at radius 3 is 1.66 bits per heavy atom. The van der Waals surface area contributed by atoms with Crippen LogP contribution in [0, 0.1) is 75.8 Å². The molecular formula is C102H125F2N7O5S. The number of allylic oxidation sites excluding steroid dienone is 4. The number of para-hydroxylation sites is 2. The van der Waals surface area contributed by atoms with E-state index in [1.807, 2.05) is 81.4 Å². The lowest BCUT2D eigenvalue weighted by atomic mass is 9.67. The van der Waals surface area contributed by atoms with Gasteiger partial charge in [-0.05, 0) is 214 Å². The molecule has 2 N–H and O–H groups in total. The molecule has 0 fully saturated rings. The number of rotatable bonds is 20. The van der Waals surface area contributed by atoms with Crippen LogP contribution in [0.3, 0.4) is 0 Å². The molecule has 4 aromatic heterocycles. The number of benzene rings is 7. The largest absolute Gasteiger partial charge is 0.494 e. The number of aliphatic hydroxyl groups is 1. The number of anilines is 2. The Hall–Kier alpha value is -10.4. The average molecular weight is 1600 g/mol. The summed E-state index contributed by atoms with van der Waals surface area (Å²) in [6.45, 7) is 47.3. The Morgan fingerprint density at radius 1 is 0.624 bits per heavy atom. The van der Waals surface area contributed by atoms with E-state index in [-0.39, 0.29) is 47.9 Å². The number of carbonyl (C=O) groups excluding carboxylic acids is 1. The van der Waals surface area contributed by atoms with Gasteiger partial charge in [0.15, 0.2) is 0 Å². The maximum absolute atomic E-state index is 13.7. The van der Waals surface area contributed by atoms with E-state index in [4.69, 9.17) is 9.72 Å². The van der Waals surface area contributed by atoms with Crippen molar-refractivity contribution in [1.82, 2.24) is 24.1 Å². The van der Waals surface area contributed by atoms with Crippen LogP contribution in [-0.2, 0) is 28.2 Å². The summed E-state index contributed by atoms with van der Waals surface area (Å²) in [7, 11) is 0.0124. The third-order valence-corrected chi connectivity index (χ3v) is 23.9. The van der Waals surface area contributed by atoms with Gasteiger partial charge in [0.2, 0.25) is 16.0 Å². The Morgan fingerprint density at radius 2 is 1.13 bits per heavy atom. The molecule has 11 aromatic rings. The van der Waals surface area contributed by atoms with Crippen molar-refractivity contribution in [3.8, 4) is 55.9 Å². The van der Waals surface area contributed by atoms with Gasteiger partial charge in [0.1, 0.15) is 17.7 Å². The fourth-order valence-corrected chi connectivity index (χ4v) is 16.7. The van der Waals surface area contributed by atoms with E-state index in [2.05, 4.69) is 259 Å². The lowest BCUT2D eigenvalue weighted by Gasteiger charge is -2.42. The molecule has 13 rings (SSSR count). The molecule has 0 bridgehead atoms. The van der Waals surface area contributed by atoms with Crippen LogP contribution < -0.4 is 9.62 Å². The van der Waals surface area contributed by atoms with Gasteiger partial charge in [0.25, 0.3) is 5.91 Å². The number of fused-ring (bicyclic) bond motifs is 2. The monoisotopic (exact) mass is 1600 g/mol. The number of pyridine rings is 1. The first kappa shape index (κ1) is 90.6. The smallest absolute Gasteiger partial charge is 0.258 e. The first-order valence-corrected chi connectivity index (χ1v) is 43.4. The predicted molar refractivity (Wildman–Crippen MR) is 486 cm³/mol. The van der Waals surface area contributed by atoms with Crippen molar-refractivity contribution < 1.29 is 31.8 Å². The van der Waals surface area contributed by atoms with E-state index in [0.717, 1.165) is 119 Å².